The van der Waals surface area contributed by atoms with Crippen LogP contribution in [0, 0.1) is 0 Å². The van der Waals surface area contributed by atoms with Crippen molar-refractivity contribution in [3.63, 3.8) is 0 Å². The average molecular weight is 592 g/mol. The Labute approximate surface area is 247 Å². The van der Waals surface area contributed by atoms with E-state index in [1.54, 1.807) is 36.4 Å². The number of carbonyl (C=O) groups is 3. The number of benzene rings is 2. The molecule has 8 nitrogen and oxygen atoms in total. The Balaban J connectivity index is 1.22. The molecular weight excluding hydrogens is 559 g/mol. The maximum Gasteiger partial charge on any atom is 0.416 e. The van der Waals surface area contributed by atoms with E-state index in [9.17, 15) is 27.6 Å². The van der Waals surface area contributed by atoms with Crippen LogP contribution in [-0.2, 0) is 30.5 Å². The van der Waals surface area contributed by atoms with Gasteiger partial charge in [0, 0.05) is 62.4 Å². The number of hydrogen-bond donors (Lipinski definition) is 2. The highest BCUT2D eigenvalue weighted by atomic mass is 19.4. The Kier molecular flexibility index (Phi) is 8.74. The number of amides is 2. The van der Waals surface area contributed by atoms with Gasteiger partial charge in [-0.1, -0.05) is 18.2 Å². The molecule has 0 saturated carbocycles. The van der Waals surface area contributed by atoms with E-state index in [0.29, 0.717) is 41.9 Å². The van der Waals surface area contributed by atoms with E-state index in [0.717, 1.165) is 30.4 Å². The van der Waals surface area contributed by atoms with E-state index in [-0.39, 0.29) is 30.0 Å². The Morgan fingerprint density at radius 2 is 1.70 bits per heavy atom. The number of fused-ring (bicyclic) bond motifs is 1. The lowest BCUT2D eigenvalue weighted by atomic mass is 10.0. The van der Waals surface area contributed by atoms with Gasteiger partial charge in [0.1, 0.15) is 0 Å². The molecule has 43 heavy (non-hydrogen) atoms. The summed E-state index contributed by atoms with van der Waals surface area (Å²) in [5.41, 5.74) is 2.86. The number of pyridine rings is 1. The molecule has 2 N–H and O–H groups in total. The molecule has 11 heteroatoms. The SMILES string of the molecule is CC(=O)C1=Cc2cc(NC(=O)c3cccc(CNC(=O)c4ccc(CN5CCN(C)CC5)c(C(F)(F)F)c4)c3)cnc2C1. The number of hydrogen-bond acceptors (Lipinski definition) is 6. The lowest BCUT2D eigenvalue weighted by Crippen LogP contribution is -2.44. The monoisotopic (exact) mass is 591 g/mol. The second kappa shape index (κ2) is 12.5. The number of aromatic nitrogens is 1. The van der Waals surface area contributed by atoms with Crippen LogP contribution in [0.25, 0.3) is 6.08 Å². The van der Waals surface area contributed by atoms with Gasteiger partial charge in [-0.2, -0.15) is 13.2 Å². The predicted molar refractivity (Wildman–Crippen MR) is 156 cm³/mol. The van der Waals surface area contributed by atoms with E-state index in [1.165, 1.54) is 25.3 Å². The third-order valence-electron chi connectivity index (χ3n) is 7.71. The first-order valence-electron chi connectivity index (χ1n) is 14.0. The van der Waals surface area contributed by atoms with Crippen molar-refractivity contribution < 1.29 is 27.6 Å². The molecule has 5 rings (SSSR count). The van der Waals surface area contributed by atoms with Gasteiger partial charge < -0.3 is 15.5 Å². The van der Waals surface area contributed by atoms with Gasteiger partial charge in [-0.05, 0) is 67.1 Å². The molecule has 1 saturated heterocycles. The third-order valence-corrected chi connectivity index (χ3v) is 7.71. The fourth-order valence-electron chi connectivity index (χ4n) is 5.17. The number of anilines is 1. The minimum absolute atomic E-state index is 0.0172. The van der Waals surface area contributed by atoms with Gasteiger partial charge in [-0.3, -0.25) is 24.3 Å². The van der Waals surface area contributed by atoms with Crippen LogP contribution in [-0.4, -0.2) is 65.6 Å². The van der Waals surface area contributed by atoms with Crippen LogP contribution in [0.15, 0.2) is 60.3 Å². The van der Waals surface area contributed by atoms with Crippen molar-refractivity contribution in [3.8, 4) is 0 Å². The molecular formula is C32H32F3N5O3. The van der Waals surface area contributed by atoms with Crippen LogP contribution < -0.4 is 10.6 Å². The molecule has 2 amide bonds. The Morgan fingerprint density at radius 1 is 0.953 bits per heavy atom. The number of ketones is 1. The van der Waals surface area contributed by atoms with E-state index in [1.807, 2.05) is 11.9 Å². The van der Waals surface area contributed by atoms with Gasteiger partial charge in [-0.25, -0.2) is 0 Å². The number of carbonyl (C=O) groups excluding carboxylic acids is 3. The van der Waals surface area contributed by atoms with Gasteiger partial charge >= 0.3 is 6.18 Å². The van der Waals surface area contributed by atoms with Crippen LogP contribution in [0.4, 0.5) is 18.9 Å². The van der Waals surface area contributed by atoms with Crippen molar-refractivity contribution in [2.75, 3.05) is 38.5 Å². The quantitative estimate of drug-likeness (QED) is 0.399. The van der Waals surface area contributed by atoms with Crippen LogP contribution >= 0.6 is 0 Å². The first-order valence-corrected chi connectivity index (χ1v) is 14.0. The largest absolute Gasteiger partial charge is 0.416 e. The molecule has 224 valence electrons. The summed E-state index contributed by atoms with van der Waals surface area (Å²) < 4.78 is 41.8. The zero-order chi connectivity index (χ0) is 30.7. The van der Waals surface area contributed by atoms with E-state index >= 15 is 0 Å². The highest BCUT2D eigenvalue weighted by molar-refractivity contribution is 6.05. The molecule has 0 atom stereocenters. The van der Waals surface area contributed by atoms with Crippen molar-refractivity contribution in [1.82, 2.24) is 20.1 Å². The minimum Gasteiger partial charge on any atom is -0.348 e. The van der Waals surface area contributed by atoms with Crippen molar-refractivity contribution >= 4 is 29.4 Å². The molecule has 2 aromatic carbocycles. The zero-order valence-corrected chi connectivity index (χ0v) is 23.9. The van der Waals surface area contributed by atoms with E-state index in [4.69, 9.17) is 0 Å². The smallest absolute Gasteiger partial charge is 0.348 e. The van der Waals surface area contributed by atoms with Crippen molar-refractivity contribution in [1.29, 1.82) is 0 Å². The van der Waals surface area contributed by atoms with Crippen molar-refractivity contribution in [2.45, 2.75) is 32.6 Å². The number of piperazine rings is 1. The van der Waals surface area contributed by atoms with Crippen molar-refractivity contribution in [3.05, 3.63) is 99.4 Å². The molecule has 0 unspecified atom stereocenters. The van der Waals surface area contributed by atoms with Crippen molar-refractivity contribution in [2.24, 2.45) is 0 Å². The fraction of sp³-hybridized carbons (Fsp3) is 0.312. The third kappa shape index (κ3) is 7.36. The van der Waals surface area contributed by atoms with Crippen LogP contribution in [0.1, 0.15) is 55.6 Å². The molecule has 0 bridgehead atoms. The number of nitrogens with one attached hydrogen (secondary N) is 2. The maximum atomic E-state index is 13.9. The van der Waals surface area contributed by atoms with Crippen LogP contribution in [0.2, 0.25) is 0 Å². The van der Waals surface area contributed by atoms with Crippen LogP contribution in [0.3, 0.4) is 0 Å². The molecule has 1 aliphatic heterocycles. The first kappa shape index (κ1) is 30.1. The Bertz CT molecular complexity index is 1590. The Morgan fingerprint density at radius 3 is 2.42 bits per heavy atom. The summed E-state index contributed by atoms with van der Waals surface area (Å²) in [5.74, 6) is -1.06. The van der Waals surface area contributed by atoms with E-state index < -0.39 is 23.6 Å². The second-order valence-electron chi connectivity index (χ2n) is 10.9. The highest BCUT2D eigenvalue weighted by Gasteiger charge is 2.34. The fourth-order valence-corrected chi connectivity index (χ4v) is 5.17. The number of nitrogens with zero attached hydrogens (tertiary/aromatic N) is 3. The lowest BCUT2D eigenvalue weighted by molar-refractivity contribution is -0.138. The van der Waals surface area contributed by atoms with Gasteiger partial charge in [0.05, 0.1) is 23.1 Å². The number of allylic oxidation sites excluding steroid dienone is 1. The molecule has 0 radical (unpaired) electrons. The predicted octanol–water partition coefficient (Wildman–Crippen LogP) is 4.56. The molecule has 2 heterocycles. The lowest BCUT2D eigenvalue weighted by Gasteiger charge is -2.33. The van der Waals surface area contributed by atoms with Gasteiger partial charge in [0.25, 0.3) is 11.8 Å². The maximum absolute atomic E-state index is 13.9. The number of rotatable bonds is 8. The second-order valence-corrected chi connectivity index (χ2v) is 10.9. The summed E-state index contributed by atoms with van der Waals surface area (Å²) in [6, 6.07) is 12.0. The highest BCUT2D eigenvalue weighted by Crippen LogP contribution is 2.33. The summed E-state index contributed by atoms with van der Waals surface area (Å²) in [5, 5.41) is 5.45. The summed E-state index contributed by atoms with van der Waals surface area (Å²) in [6.07, 6.45) is -0.836. The number of likely N-dealkylation sites (N-methyl/N-ethyl adjacent to an activating group) is 1. The standard InChI is InChI=1S/C32H32F3N5O3/c1-20(41)25-13-26-14-27(18-36-29(26)16-25)38-31(43)22-5-3-4-21(12-22)17-37-30(42)23-6-7-24(28(15-23)32(33,34)35)19-40-10-8-39(2)9-11-40/h3-7,12-15,18H,8-11,16-17,19H2,1-2H3,(H,37,42)(H,38,43). The van der Waals surface area contributed by atoms with E-state index in [2.05, 4.69) is 20.5 Å². The summed E-state index contributed by atoms with van der Waals surface area (Å²) in [7, 11) is 1.98. The molecule has 3 aromatic rings. The van der Waals surface area contributed by atoms with Gasteiger partial charge in [0.15, 0.2) is 5.78 Å². The average Bonchev–Trinajstić information content (AvgIpc) is 3.41. The minimum atomic E-state index is -4.60. The molecule has 2 aliphatic rings. The van der Waals surface area contributed by atoms with Crippen LogP contribution in [0.5, 0.6) is 0 Å². The summed E-state index contributed by atoms with van der Waals surface area (Å²) in [4.78, 5) is 45.9. The molecule has 0 spiro atoms. The molecule has 1 aromatic heterocycles. The number of halogens is 3. The van der Waals surface area contributed by atoms with Gasteiger partial charge in [0.2, 0.25) is 0 Å². The number of alkyl halides is 3. The molecule has 1 fully saturated rings. The first-order chi connectivity index (χ1) is 20.5. The summed E-state index contributed by atoms with van der Waals surface area (Å²) >= 11 is 0. The normalized spacial score (nSPS) is 15.5. The zero-order valence-electron chi connectivity index (χ0n) is 23.9. The number of Topliss-reactive ketones (excluding diaryl/α,β-unsaturated/α-hetero) is 1. The van der Waals surface area contributed by atoms with Gasteiger partial charge in [-0.15, -0.1) is 0 Å². The Hall–Kier alpha value is -4.35. The topological polar surface area (TPSA) is 94.6 Å². The summed E-state index contributed by atoms with van der Waals surface area (Å²) in [6.45, 7) is 4.61. The molecule has 1 aliphatic carbocycles.